The van der Waals surface area contributed by atoms with E-state index in [1.165, 1.54) is 4.90 Å². The molecule has 0 saturated carbocycles. The number of ether oxygens (including phenoxy) is 1. The predicted octanol–water partition coefficient (Wildman–Crippen LogP) is 1.49. The highest BCUT2D eigenvalue weighted by Crippen LogP contribution is 2.62. The number of benzene rings is 2. The summed E-state index contributed by atoms with van der Waals surface area (Å²) in [5.74, 6) is -2.33. The molecule has 3 saturated heterocycles. The van der Waals surface area contributed by atoms with Gasteiger partial charge in [-0.25, -0.2) is 4.90 Å². The summed E-state index contributed by atoms with van der Waals surface area (Å²) in [5, 5.41) is 30.9. The summed E-state index contributed by atoms with van der Waals surface area (Å²) in [4.78, 5) is 28.2. The Kier molecular flexibility index (Phi) is 3.69. The largest absolute Gasteiger partial charge is 0.396 e. The number of imide groups is 1. The fourth-order valence-corrected chi connectivity index (χ4v) is 5.63. The molecule has 5 atom stereocenters. The molecular formula is C22H20N2O5. The molecule has 148 valence electrons. The number of anilines is 1. The van der Waals surface area contributed by atoms with Crippen LogP contribution in [0, 0.1) is 23.2 Å². The minimum Gasteiger partial charge on any atom is -0.396 e. The van der Waals surface area contributed by atoms with Crippen molar-refractivity contribution in [3.05, 3.63) is 42.0 Å². The number of nitriles is 1. The average molecular weight is 392 g/mol. The van der Waals surface area contributed by atoms with Gasteiger partial charge in [-0.1, -0.05) is 24.3 Å². The summed E-state index contributed by atoms with van der Waals surface area (Å²) in [6.45, 7) is 1.47. The number of nitrogens with zero attached hydrogens (tertiary/aromatic N) is 2. The maximum Gasteiger partial charge on any atom is 0.240 e. The van der Waals surface area contributed by atoms with Crippen LogP contribution in [0.3, 0.4) is 0 Å². The third kappa shape index (κ3) is 2.11. The van der Waals surface area contributed by atoms with Gasteiger partial charge in [0.15, 0.2) is 0 Å². The van der Waals surface area contributed by atoms with Gasteiger partial charge in [-0.3, -0.25) is 9.59 Å². The molecule has 29 heavy (non-hydrogen) atoms. The highest BCUT2D eigenvalue weighted by molar-refractivity contribution is 6.26. The number of carbonyl (C=O) groups excluding carboxylic acids is 2. The first-order chi connectivity index (χ1) is 13.9. The minimum absolute atomic E-state index is 0.182. The third-order valence-corrected chi connectivity index (χ3v) is 6.91. The zero-order valence-corrected chi connectivity index (χ0v) is 15.8. The number of hydrogen-bond acceptors (Lipinski definition) is 6. The molecule has 0 spiro atoms. The monoisotopic (exact) mass is 392 g/mol. The summed E-state index contributed by atoms with van der Waals surface area (Å²) < 4.78 is 6.09. The molecule has 3 aliphatic rings. The Labute approximate surface area is 167 Å². The van der Waals surface area contributed by atoms with Gasteiger partial charge in [0.1, 0.15) is 5.60 Å². The van der Waals surface area contributed by atoms with Crippen LogP contribution in [0.25, 0.3) is 10.8 Å². The maximum atomic E-state index is 13.5. The molecule has 2 aromatic carbocycles. The Morgan fingerprint density at radius 3 is 2.55 bits per heavy atom. The van der Waals surface area contributed by atoms with Crippen molar-refractivity contribution in [3.8, 4) is 6.07 Å². The molecule has 7 heteroatoms. The summed E-state index contributed by atoms with van der Waals surface area (Å²) in [6, 6.07) is 12.5. The molecule has 3 fully saturated rings. The molecule has 2 bridgehead atoms. The molecule has 2 amide bonds. The van der Waals surface area contributed by atoms with Gasteiger partial charge in [-0.2, -0.15) is 5.26 Å². The normalized spacial score (nSPS) is 35.4. The van der Waals surface area contributed by atoms with Gasteiger partial charge in [-0.15, -0.1) is 0 Å². The van der Waals surface area contributed by atoms with Crippen molar-refractivity contribution in [2.75, 3.05) is 11.5 Å². The van der Waals surface area contributed by atoms with E-state index in [0.29, 0.717) is 22.0 Å². The van der Waals surface area contributed by atoms with Gasteiger partial charge in [0.05, 0.1) is 40.9 Å². The van der Waals surface area contributed by atoms with Gasteiger partial charge in [-0.05, 0) is 19.1 Å². The maximum absolute atomic E-state index is 13.5. The second-order valence-electron chi connectivity index (χ2n) is 8.30. The molecule has 3 aliphatic heterocycles. The van der Waals surface area contributed by atoms with Crippen LogP contribution in [-0.4, -0.2) is 45.9 Å². The van der Waals surface area contributed by atoms with Gasteiger partial charge in [0.2, 0.25) is 11.8 Å². The zero-order valence-electron chi connectivity index (χ0n) is 15.8. The lowest BCUT2D eigenvalue weighted by atomic mass is 9.66. The Hall–Kier alpha value is -2.79. The minimum atomic E-state index is -1.16. The number of rotatable bonds is 3. The first-order valence-corrected chi connectivity index (χ1v) is 9.67. The molecule has 2 N–H and O–H groups in total. The zero-order chi connectivity index (χ0) is 20.6. The Morgan fingerprint density at radius 2 is 1.86 bits per heavy atom. The van der Waals surface area contributed by atoms with E-state index in [1.54, 1.807) is 43.3 Å². The van der Waals surface area contributed by atoms with Crippen LogP contribution in [-0.2, 0) is 14.3 Å². The summed E-state index contributed by atoms with van der Waals surface area (Å²) in [5.41, 5.74) is -1.31. The van der Waals surface area contributed by atoms with E-state index < -0.39 is 35.0 Å². The smallest absolute Gasteiger partial charge is 0.240 e. The van der Waals surface area contributed by atoms with E-state index >= 15 is 0 Å². The third-order valence-electron chi connectivity index (χ3n) is 6.91. The average Bonchev–Trinajstić information content (AvgIpc) is 3.23. The van der Waals surface area contributed by atoms with Crippen molar-refractivity contribution in [2.45, 2.75) is 37.1 Å². The Bertz CT molecular complexity index is 1110. The van der Waals surface area contributed by atoms with Crippen LogP contribution in [0.15, 0.2) is 36.4 Å². The van der Waals surface area contributed by atoms with Crippen LogP contribution in [0.1, 0.15) is 25.3 Å². The van der Waals surface area contributed by atoms with Crippen molar-refractivity contribution < 1.29 is 24.5 Å². The quantitative estimate of drug-likeness (QED) is 0.766. The topological polar surface area (TPSA) is 111 Å². The van der Waals surface area contributed by atoms with E-state index in [0.717, 1.165) is 0 Å². The Balaban J connectivity index is 1.68. The lowest BCUT2D eigenvalue weighted by Crippen LogP contribution is -2.49. The Morgan fingerprint density at radius 1 is 1.17 bits per heavy atom. The van der Waals surface area contributed by atoms with Crippen molar-refractivity contribution in [1.82, 2.24) is 0 Å². The van der Waals surface area contributed by atoms with Crippen LogP contribution in [0.5, 0.6) is 0 Å². The van der Waals surface area contributed by atoms with E-state index in [2.05, 4.69) is 6.07 Å². The highest BCUT2D eigenvalue weighted by atomic mass is 16.6. The van der Waals surface area contributed by atoms with Crippen molar-refractivity contribution >= 4 is 28.3 Å². The van der Waals surface area contributed by atoms with E-state index in [-0.39, 0.29) is 25.4 Å². The van der Waals surface area contributed by atoms with Gasteiger partial charge in [0.25, 0.3) is 0 Å². The summed E-state index contributed by atoms with van der Waals surface area (Å²) in [6.07, 6.45) is -0.488. The number of fused-ring (bicyclic) bond motifs is 6. The lowest BCUT2D eigenvalue weighted by molar-refractivity contribution is -0.134. The molecule has 5 rings (SSSR count). The van der Waals surface area contributed by atoms with E-state index in [9.17, 15) is 25.1 Å². The van der Waals surface area contributed by atoms with Crippen molar-refractivity contribution in [1.29, 1.82) is 5.26 Å². The van der Waals surface area contributed by atoms with E-state index in [1.807, 2.05) is 0 Å². The van der Waals surface area contributed by atoms with E-state index in [4.69, 9.17) is 4.74 Å². The number of aliphatic hydroxyl groups is 2. The number of hydrogen-bond donors (Lipinski definition) is 2. The standard InChI is InChI=1S/C22H20N2O5/c1-21-16(26)10-22(29-21,8-9-25)18-17(21)19(27)24(20(18)28)15-7-6-12(11-23)13-4-2-3-5-14(13)15/h2-7,16-18,25-26H,8-10H2,1H3/t16-,17-,18+,21+,22?/m0/s1. The van der Waals surface area contributed by atoms with Gasteiger partial charge >= 0.3 is 0 Å². The molecule has 7 nitrogen and oxygen atoms in total. The molecule has 0 aliphatic carbocycles. The highest BCUT2D eigenvalue weighted by Gasteiger charge is 2.76. The number of amides is 2. The lowest BCUT2D eigenvalue weighted by Gasteiger charge is -2.33. The molecule has 3 heterocycles. The van der Waals surface area contributed by atoms with Crippen LogP contribution in [0.2, 0.25) is 0 Å². The van der Waals surface area contributed by atoms with Crippen LogP contribution in [0.4, 0.5) is 5.69 Å². The molecular weight excluding hydrogens is 372 g/mol. The van der Waals surface area contributed by atoms with Crippen molar-refractivity contribution in [3.63, 3.8) is 0 Å². The predicted molar refractivity (Wildman–Crippen MR) is 103 cm³/mol. The fourth-order valence-electron chi connectivity index (χ4n) is 5.63. The van der Waals surface area contributed by atoms with Crippen molar-refractivity contribution in [2.24, 2.45) is 11.8 Å². The second kappa shape index (κ2) is 5.86. The second-order valence-corrected chi connectivity index (χ2v) is 8.30. The molecule has 1 unspecified atom stereocenters. The number of aliphatic hydroxyl groups excluding tert-OH is 2. The summed E-state index contributed by atoms with van der Waals surface area (Å²) >= 11 is 0. The molecule has 0 aromatic heterocycles. The SMILES string of the molecule is C[C@@]12OC(CCO)(C[C@@H]1O)[C@H]1C(=O)N(c3ccc(C#N)c4ccccc34)C(=O)[C@H]12. The van der Waals surface area contributed by atoms with Gasteiger partial charge < -0.3 is 14.9 Å². The summed E-state index contributed by atoms with van der Waals surface area (Å²) in [7, 11) is 0. The molecule has 2 aromatic rings. The first kappa shape index (κ1) is 18.3. The van der Waals surface area contributed by atoms with Crippen LogP contribution >= 0.6 is 0 Å². The van der Waals surface area contributed by atoms with Gasteiger partial charge in [0, 0.05) is 30.2 Å². The first-order valence-electron chi connectivity index (χ1n) is 9.67. The number of carbonyl (C=O) groups is 2. The molecule has 0 radical (unpaired) electrons. The fraction of sp³-hybridized carbons (Fsp3) is 0.409. The van der Waals surface area contributed by atoms with Crippen LogP contribution < -0.4 is 4.90 Å².